The molecule has 4 N–H and O–H groups in total. The minimum atomic E-state index is -4.45. The van der Waals surface area contributed by atoms with Gasteiger partial charge in [-0.05, 0) is 139 Å². The number of rotatable bonds is 16. The highest BCUT2D eigenvalue weighted by molar-refractivity contribution is 7.99. The maximum absolute atomic E-state index is 12.5. The molecule has 2 aromatic rings. The molecule has 68 heavy (non-hydrogen) atoms. The smallest absolute Gasteiger partial charge is 0.386 e. The fraction of sp³-hybridized carbons (Fsp3) is 0.377. The van der Waals surface area contributed by atoms with Gasteiger partial charge in [0.2, 0.25) is 10.8 Å². The summed E-state index contributed by atoms with van der Waals surface area (Å²) >= 11 is 0. The highest BCUT2D eigenvalue weighted by atomic mass is 32.3. The van der Waals surface area contributed by atoms with E-state index in [0.29, 0.717) is 31.6 Å². The van der Waals surface area contributed by atoms with E-state index >= 15 is 0 Å². The van der Waals surface area contributed by atoms with E-state index < -0.39 is 37.4 Å². The van der Waals surface area contributed by atoms with Crippen LogP contribution in [-0.4, -0.2) is 67.6 Å². The molecule has 2 aliphatic heterocycles. The lowest BCUT2D eigenvalue weighted by molar-refractivity contribution is -0.137. The van der Waals surface area contributed by atoms with Gasteiger partial charge in [-0.2, -0.15) is 17.5 Å². The van der Waals surface area contributed by atoms with Crippen molar-refractivity contribution in [3.05, 3.63) is 119 Å². The lowest BCUT2D eigenvalue weighted by Gasteiger charge is -2.28. The zero-order valence-corrected chi connectivity index (χ0v) is 41.5. The molecule has 0 spiro atoms. The predicted molar refractivity (Wildman–Crippen MR) is 276 cm³/mol. The molecule has 1 saturated carbocycles. The first-order chi connectivity index (χ1) is 32.2. The SMILES string of the molecule is C#CCCCCN1/C(=C\C=C2\CCC/C(=C/C=C3/N(CCCCC#C)c4ccc(S(=O)(=O)O)cc4C3(C)C)C2=S=C2C=CC(=NC(=O)CCCC(=O)O)C=C2)C(C)(C)c2cc([S+](=O)(O)O)ccc21. The van der Waals surface area contributed by atoms with Gasteiger partial charge in [-0.25, -0.2) is 4.99 Å². The van der Waals surface area contributed by atoms with Crippen molar-refractivity contribution in [2.24, 2.45) is 4.99 Å². The molecule has 0 saturated heterocycles. The molecule has 0 radical (unpaired) electrons. The van der Waals surface area contributed by atoms with Crippen LogP contribution in [0, 0.1) is 24.7 Å². The Hall–Kier alpha value is -5.65. The van der Waals surface area contributed by atoms with Gasteiger partial charge in [0, 0.05) is 94.2 Å². The molecule has 1 fully saturated rings. The van der Waals surface area contributed by atoms with Gasteiger partial charge in [-0.1, -0.05) is 39.8 Å². The molecule has 2 aliphatic carbocycles. The molecule has 0 unspecified atom stereocenters. The number of aliphatic imine (C=N–C) groups is 1. The number of carboxylic acid groups (broad SMARTS) is 1. The molecule has 0 atom stereocenters. The van der Waals surface area contributed by atoms with E-state index in [1.165, 1.54) is 12.1 Å². The van der Waals surface area contributed by atoms with Crippen LogP contribution in [0.2, 0.25) is 0 Å². The van der Waals surface area contributed by atoms with Gasteiger partial charge in [0.05, 0.1) is 10.6 Å². The number of nitrogens with zero attached hydrogens (tertiary/aromatic N) is 3. The fourth-order valence-corrected chi connectivity index (χ4v) is 11.3. The molecule has 6 rings (SSSR count). The van der Waals surface area contributed by atoms with Crippen molar-refractivity contribution in [2.75, 3.05) is 22.9 Å². The highest BCUT2D eigenvalue weighted by Crippen LogP contribution is 2.50. The van der Waals surface area contributed by atoms with Crippen LogP contribution in [0.3, 0.4) is 0 Å². The summed E-state index contributed by atoms with van der Waals surface area (Å²) in [7, 11) is -7.05. The first-order valence-electron chi connectivity index (χ1n) is 22.8. The number of carbonyl (C=O) groups is 2. The number of benzene rings is 2. The third-order valence-electron chi connectivity index (χ3n) is 12.7. The number of allylic oxidation sites excluding steroid dienone is 12. The maximum atomic E-state index is 12.5. The summed E-state index contributed by atoms with van der Waals surface area (Å²) in [4.78, 5) is 33.9. The average molecular weight is 979 g/mol. The highest BCUT2D eigenvalue weighted by Gasteiger charge is 2.43. The van der Waals surface area contributed by atoms with Crippen LogP contribution in [0.5, 0.6) is 0 Å². The number of amides is 1. The number of terminal acetylenes is 2. The van der Waals surface area contributed by atoms with Crippen LogP contribution >= 0.6 is 10.9 Å². The van der Waals surface area contributed by atoms with Crippen LogP contribution in [0.1, 0.15) is 116 Å². The molecule has 358 valence electrons. The molecule has 4 aliphatic rings. The number of anilines is 2. The molecule has 12 nitrogen and oxygen atoms in total. The van der Waals surface area contributed by atoms with Crippen molar-refractivity contribution in [1.29, 1.82) is 0 Å². The Bertz CT molecular complexity index is 2890. The standard InChI is InChI=1S/C53H59N3O9S3/c1-7-9-11-13-33-55-45-29-27-41(67(60,61)62)35-43(45)52(3,4)47(55)31-21-37-17-15-18-38(51(37)66-40-25-23-39(24-26-40)54-49(57)19-16-20-50(58)59)22-32-48-53(5,6)44-36-42(68(63,64)65)28-30-46(44)56(48)34-14-12-10-8-2/h1-2,21-32,35-36H,9-20,33-34H2,3-6H3,(H3-,58,59,60,61,62,63,64,65)/p+1/b37-21-,38-22-,47-31-,48-32+. The molecular weight excluding hydrogens is 919 g/mol. The van der Waals surface area contributed by atoms with Gasteiger partial charge in [0.25, 0.3) is 10.1 Å². The van der Waals surface area contributed by atoms with Gasteiger partial charge in [0.1, 0.15) is 0 Å². The van der Waals surface area contributed by atoms with Crippen molar-refractivity contribution in [2.45, 2.75) is 125 Å². The number of aliphatic carboxylic acids is 1. The second-order valence-corrected chi connectivity index (χ2v) is 22.2. The Labute approximate surface area is 405 Å². The zero-order valence-electron chi connectivity index (χ0n) is 39.0. The van der Waals surface area contributed by atoms with Crippen molar-refractivity contribution in [1.82, 2.24) is 0 Å². The van der Waals surface area contributed by atoms with Gasteiger partial charge in [0.15, 0.2) is 0 Å². The molecule has 15 heteroatoms. The van der Waals surface area contributed by atoms with E-state index in [-0.39, 0.29) is 35.0 Å². The molecule has 0 bridgehead atoms. The van der Waals surface area contributed by atoms with E-state index in [1.807, 2.05) is 12.2 Å². The summed E-state index contributed by atoms with van der Waals surface area (Å²) in [6.07, 6.45) is 34.2. The lowest BCUT2D eigenvalue weighted by Crippen LogP contribution is -2.27. The molecular formula is C53H60N3O9S3+. The number of hydrogen-bond donors (Lipinski definition) is 4. The van der Waals surface area contributed by atoms with Crippen molar-refractivity contribution in [3.63, 3.8) is 0 Å². The summed E-state index contributed by atoms with van der Waals surface area (Å²) in [6, 6.07) is 9.65. The zero-order chi connectivity index (χ0) is 49.4. The van der Waals surface area contributed by atoms with Crippen molar-refractivity contribution >= 4 is 70.2 Å². The first-order valence-corrected chi connectivity index (χ1v) is 26.5. The molecule has 2 heterocycles. The largest absolute Gasteiger partial charge is 0.481 e. The third kappa shape index (κ3) is 12.1. The number of fused-ring (bicyclic) bond motifs is 2. The molecule has 1 amide bonds. The summed E-state index contributed by atoms with van der Waals surface area (Å²) in [6.45, 7) is 9.54. The minimum absolute atomic E-state index is 0.0364. The number of hydrogen-bond acceptors (Lipinski definition) is 7. The Kier molecular flexibility index (Phi) is 16.6. The summed E-state index contributed by atoms with van der Waals surface area (Å²) in [5.74, 6) is 4.09. The lowest BCUT2D eigenvalue weighted by atomic mass is 9.82. The monoisotopic (exact) mass is 978 g/mol. The average Bonchev–Trinajstić information content (AvgIpc) is 3.62. The number of unbranched alkanes of at least 4 members (excludes halogenated alkanes) is 4. The van der Waals surface area contributed by atoms with Crippen LogP contribution in [0.25, 0.3) is 0 Å². The van der Waals surface area contributed by atoms with Crippen molar-refractivity contribution in [3.8, 4) is 24.7 Å². The van der Waals surface area contributed by atoms with E-state index in [0.717, 1.165) is 99.7 Å². The Balaban J connectivity index is 1.48. The summed E-state index contributed by atoms with van der Waals surface area (Å²) in [5, 5.41) is 8.98. The predicted octanol–water partition coefficient (Wildman–Crippen LogP) is 10.5. The van der Waals surface area contributed by atoms with Crippen LogP contribution in [0.4, 0.5) is 11.4 Å². The van der Waals surface area contributed by atoms with Crippen LogP contribution < -0.4 is 9.80 Å². The van der Waals surface area contributed by atoms with E-state index in [1.54, 1.807) is 47.4 Å². The van der Waals surface area contributed by atoms with Gasteiger partial charge in [-0.15, -0.1) is 35.6 Å². The van der Waals surface area contributed by atoms with Crippen LogP contribution in [0.15, 0.2) is 122 Å². The molecule has 0 aromatic heterocycles. The summed E-state index contributed by atoms with van der Waals surface area (Å²) < 4.78 is 67.2. The second kappa shape index (κ2) is 21.8. The van der Waals surface area contributed by atoms with Crippen LogP contribution in [-0.2, 0) is 45.2 Å². The minimum Gasteiger partial charge on any atom is -0.481 e. The summed E-state index contributed by atoms with van der Waals surface area (Å²) in [5.41, 5.74) is 6.70. The Morgan fingerprint density at radius 1 is 0.779 bits per heavy atom. The fourth-order valence-electron chi connectivity index (χ4n) is 9.12. The van der Waals surface area contributed by atoms with Gasteiger partial charge in [-0.3, -0.25) is 14.1 Å². The van der Waals surface area contributed by atoms with E-state index in [9.17, 15) is 35.9 Å². The third-order valence-corrected chi connectivity index (χ3v) is 15.6. The second-order valence-electron chi connectivity index (χ2n) is 18.2. The Morgan fingerprint density at radius 3 is 1.81 bits per heavy atom. The quantitative estimate of drug-likeness (QED) is 0.0313. The first kappa shape index (κ1) is 51.7. The van der Waals surface area contributed by atoms with Crippen molar-refractivity contribution < 1.29 is 41.0 Å². The van der Waals surface area contributed by atoms with E-state index in [4.69, 9.17) is 18.0 Å². The number of carbonyl (C=O) groups excluding carboxylic acids is 1. The number of carboxylic acids is 1. The normalized spacial score (nSPS) is 19.7. The van der Waals surface area contributed by atoms with Gasteiger partial charge < -0.3 is 14.9 Å². The molecule has 2 aromatic carbocycles. The maximum Gasteiger partial charge on any atom is 0.386 e. The van der Waals surface area contributed by atoms with E-state index in [2.05, 4.69) is 78.6 Å². The Morgan fingerprint density at radius 2 is 1.31 bits per heavy atom. The van der Waals surface area contributed by atoms with Gasteiger partial charge >= 0.3 is 16.5 Å². The topological polar surface area (TPSA) is 185 Å².